The molecule has 0 aliphatic carbocycles. The number of aryl methyl sites for hydroxylation is 2. The minimum absolute atomic E-state index is 0.733. The van der Waals surface area contributed by atoms with Gasteiger partial charge in [0.1, 0.15) is 0 Å². The largest absolute Gasteiger partial charge is 0.268 e. The SMILES string of the molecule is Cc1cnccc1Cn1ccc(-c2cccc(-c3nccnc3C)c2)n1. The highest BCUT2D eigenvalue weighted by molar-refractivity contribution is 5.70. The van der Waals surface area contributed by atoms with Gasteiger partial charge in [0.2, 0.25) is 0 Å². The molecule has 0 N–H and O–H groups in total. The summed E-state index contributed by atoms with van der Waals surface area (Å²) in [6, 6.07) is 12.3. The predicted molar refractivity (Wildman–Crippen MR) is 102 cm³/mol. The van der Waals surface area contributed by atoms with E-state index in [1.807, 2.05) is 48.4 Å². The van der Waals surface area contributed by atoms with E-state index in [0.29, 0.717) is 0 Å². The third-order valence-electron chi connectivity index (χ3n) is 4.42. The van der Waals surface area contributed by atoms with Gasteiger partial charge >= 0.3 is 0 Å². The molecule has 1 aromatic carbocycles. The minimum atomic E-state index is 0.733. The summed E-state index contributed by atoms with van der Waals surface area (Å²) in [6.45, 7) is 4.78. The van der Waals surface area contributed by atoms with Gasteiger partial charge in [0.15, 0.2) is 0 Å². The minimum Gasteiger partial charge on any atom is -0.268 e. The summed E-state index contributed by atoms with van der Waals surface area (Å²) in [6.07, 6.45) is 9.15. The Balaban J connectivity index is 1.63. The first kappa shape index (κ1) is 16.1. The maximum atomic E-state index is 4.73. The number of pyridine rings is 1. The average molecular weight is 341 g/mol. The van der Waals surface area contributed by atoms with Crippen molar-refractivity contribution >= 4 is 0 Å². The first-order valence-corrected chi connectivity index (χ1v) is 8.52. The molecule has 0 saturated carbocycles. The fourth-order valence-electron chi connectivity index (χ4n) is 2.97. The summed E-state index contributed by atoms with van der Waals surface area (Å²) in [5.41, 5.74) is 7.28. The zero-order valence-corrected chi connectivity index (χ0v) is 14.8. The molecule has 0 aliphatic heterocycles. The number of aromatic nitrogens is 5. The van der Waals surface area contributed by atoms with E-state index in [0.717, 1.165) is 34.8 Å². The van der Waals surface area contributed by atoms with Crippen LogP contribution in [0.1, 0.15) is 16.8 Å². The second-order valence-corrected chi connectivity index (χ2v) is 6.27. The van der Waals surface area contributed by atoms with E-state index in [4.69, 9.17) is 5.10 Å². The standard InChI is InChI=1S/C21H19N5/c1-15-13-22-8-6-19(15)14-26-11-7-20(25-26)17-4-3-5-18(12-17)21-16(2)23-9-10-24-21/h3-13H,14H2,1-2H3. The molecule has 0 saturated heterocycles. The van der Waals surface area contributed by atoms with Crippen molar-refractivity contribution in [3.63, 3.8) is 0 Å². The molecule has 0 amide bonds. The fourth-order valence-corrected chi connectivity index (χ4v) is 2.97. The highest BCUT2D eigenvalue weighted by Gasteiger charge is 2.08. The lowest BCUT2D eigenvalue weighted by atomic mass is 10.0. The van der Waals surface area contributed by atoms with Crippen LogP contribution in [0.25, 0.3) is 22.5 Å². The summed E-state index contributed by atoms with van der Waals surface area (Å²) in [5.74, 6) is 0. The number of nitrogens with zero attached hydrogens (tertiary/aromatic N) is 5. The van der Waals surface area contributed by atoms with Crippen molar-refractivity contribution in [1.29, 1.82) is 0 Å². The van der Waals surface area contributed by atoms with Crippen LogP contribution in [0.3, 0.4) is 0 Å². The molecule has 0 unspecified atom stereocenters. The fraction of sp³-hybridized carbons (Fsp3) is 0.143. The topological polar surface area (TPSA) is 56.5 Å². The lowest BCUT2D eigenvalue weighted by molar-refractivity contribution is 0.685. The van der Waals surface area contributed by atoms with E-state index < -0.39 is 0 Å². The molecule has 0 aliphatic rings. The van der Waals surface area contributed by atoms with Crippen molar-refractivity contribution in [2.24, 2.45) is 0 Å². The number of hydrogen-bond acceptors (Lipinski definition) is 4. The first-order valence-electron chi connectivity index (χ1n) is 8.52. The Kier molecular flexibility index (Phi) is 4.27. The van der Waals surface area contributed by atoms with Crippen LogP contribution in [0.4, 0.5) is 0 Å². The highest BCUT2D eigenvalue weighted by Crippen LogP contribution is 2.25. The predicted octanol–water partition coefficient (Wildman–Crippen LogP) is 4.07. The molecule has 5 heteroatoms. The van der Waals surface area contributed by atoms with Gasteiger partial charge in [-0.3, -0.25) is 19.6 Å². The van der Waals surface area contributed by atoms with Crippen LogP contribution in [0.2, 0.25) is 0 Å². The van der Waals surface area contributed by atoms with E-state index in [-0.39, 0.29) is 0 Å². The lowest BCUT2D eigenvalue weighted by Gasteiger charge is -2.06. The van der Waals surface area contributed by atoms with E-state index >= 15 is 0 Å². The molecule has 0 spiro atoms. The van der Waals surface area contributed by atoms with Crippen LogP contribution in [-0.4, -0.2) is 24.7 Å². The Hall–Kier alpha value is -3.34. The van der Waals surface area contributed by atoms with Gasteiger partial charge in [0.05, 0.1) is 23.6 Å². The van der Waals surface area contributed by atoms with Gasteiger partial charge in [0, 0.05) is 42.1 Å². The molecule has 3 aromatic heterocycles. The molecule has 0 radical (unpaired) electrons. The number of hydrogen-bond donors (Lipinski definition) is 0. The van der Waals surface area contributed by atoms with Crippen molar-refractivity contribution in [3.05, 3.63) is 84.2 Å². The van der Waals surface area contributed by atoms with Crippen molar-refractivity contribution in [3.8, 4) is 22.5 Å². The van der Waals surface area contributed by atoms with Crippen molar-refractivity contribution in [1.82, 2.24) is 24.7 Å². The number of rotatable bonds is 4. The third kappa shape index (κ3) is 3.24. The van der Waals surface area contributed by atoms with Crippen LogP contribution < -0.4 is 0 Å². The van der Waals surface area contributed by atoms with Crippen LogP contribution >= 0.6 is 0 Å². The van der Waals surface area contributed by atoms with Gasteiger partial charge in [-0.05, 0) is 43.2 Å². The van der Waals surface area contributed by atoms with Crippen LogP contribution in [0.5, 0.6) is 0 Å². The quantitative estimate of drug-likeness (QED) is 0.561. The number of benzene rings is 1. The second-order valence-electron chi connectivity index (χ2n) is 6.27. The Morgan fingerprint density at radius 3 is 2.62 bits per heavy atom. The molecular weight excluding hydrogens is 322 g/mol. The van der Waals surface area contributed by atoms with Gasteiger partial charge in [-0.25, -0.2) is 0 Å². The molecule has 5 nitrogen and oxygen atoms in total. The normalized spacial score (nSPS) is 10.8. The Morgan fingerprint density at radius 2 is 1.77 bits per heavy atom. The van der Waals surface area contributed by atoms with E-state index in [1.165, 1.54) is 11.1 Å². The average Bonchev–Trinajstić information content (AvgIpc) is 3.13. The third-order valence-corrected chi connectivity index (χ3v) is 4.42. The van der Waals surface area contributed by atoms with Crippen molar-refractivity contribution < 1.29 is 0 Å². The van der Waals surface area contributed by atoms with E-state index in [9.17, 15) is 0 Å². The van der Waals surface area contributed by atoms with Gasteiger partial charge in [0.25, 0.3) is 0 Å². The first-order chi connectivity index (χ1) is 12.7. The second kappa shape index (κ2) is 6.88. The summed E-state index contributed by atoms with van der Waals surface area (Å²) in [5, 5.41) is 4.73. The van der Waals surface area contributed by atoms with Gasteiger partial charge < -0.3 is 0 Å². The summed E-state index contributed by atoms with van der Waals surface area (Å²) in [4.78, 5) is 12.9. The highest BCUT2D eigenvalue weighted by atomic mass is 15.3. The van der Waals surface area contributed by atoms with Crippen LogP contribution in [-0.2, 0) is 6.54 Å². The molecule has 4 rings (SSSR count). The Labute approximate surface area is 152 Å². The van der Waals surface area contributed by atoms with Gasteiger partial charge in [-0.2, -0.15) is 5.10 Å². The van der Waals surface area contributed by atoms with Gasteiger partial charge in [-0.15, -0.1) is 0 Å². The zero-order chi connectivity index (χ0) is 17.9. The molecule has 0 fully saturated rings. The molecule has 0 atom stereocenters. The molecule has 26 heavy (non-hydrogen) atoms. The van der Waals surface area contributed by atoms with Crippen molar-refractivity contribution in [2.75, 3.05) is 0 Å². The van der Waals surface area contributed by atoms with Crippen LogP contribution in [0, 0.1) is 13.8 Å². The molecule has 0 bridgehead atoms. The molecule has 4 aromatic rings. The molecular formula is C21H19N5. The maximum Gasteiger partial charge on any atom is 0.0923 e. The Bertz CT molecular complexity index is 1050. The van der Waals surface area contributed by atoms with E-state index in [1.54, 1.807) is 12.4 Å². The van der Waals surface area contributed by atoms with Gasteiger partial charge in [-0.1, -0.05) is 18.2 Å². The smallest absolute Gasteiger partial charge is 0.0923 e. The molecule has 128 valence electrons. The molecule has 3 heterocycles. The van der Waals surface area contributed by atoms with Crippen molar-refractivity contribution in [2.45, 2.75) is 20.4 Å². The zero-order valence-electron chi connectivity index (χ0n) is 14.8. The summed E-state index contributed by atoms with van der Waals surface area (Å²) in [7, 11) is 0. The van der Waals surface area contributed by atoms with Crippen LogP contribution in [0.15, 0.2) is 67.4 Å². The van der Waals surface area contributed by atoms with E-state index in [2.05, 4.69) is 40.1 Å². The lowest BCUT2D eigenvalue weighted by Crippen LogP contribution is -2.02. The summed E-state index contributed by atoms with van der Waals surface area (Å²) < 4.78 is 1.96. The maximum absolute atomic E-state index is 4.73. The summed E-state index contributed by atoms with van der Waals surface area (Å²) >= 11 is 0. The monoisotopic (exact) mass is 341 g/mol. The Morgan fingerprint density at radius 1 is 0.923 bits per heavy atom.